The highest BCUT2D eigenvalue weighted by atomic mass is 16.5. The monoisotopic (exact) mass is 535 g/mol. The summed E-state index contributed by atoms with van der Waals surface area (Å²) in [6.07, 6.45) is 2.54. The Morgan fingerprint density at radius 3 is 2.72 bits per heavy atom. The molecule has 39 heavy (non-hydrogen) atoms. The van der Waals surface area contributed by atoms with Crippen LogP contribution in [0.5, 0.6) is 5.75 Å². The van der Waals surface area contributed by atoms with Crippen molar-refractivity contribution in [3.63, 3.8) is 0 Å². The molecule has 0 aliphatic carbocycles. The second kappa shape index (κ2) is 13.5. The zero-order valence-corrected chi connectivity index (χ0v) is 21.9. The first-order valence-corrected chi connectivity index (χ1v) is 12.8. The molecule has 0 bridgehead atoms. The van der Waals surface area contributed by atoms with Crippen LogP contribution >= 0.6 is 0 Å². The van der Waals surface area contributed by atoms with E-state index in [1.165, 1.54) is 0 Å². The van der Waals surface area contributed by atoms with Crippen LogP contribution in [0.25, 0.3) is 22.5 Å². The van der Waals surface area contributed by atoms with Crippen LogP contribution in [0.4, 0.5) is 0 Å². The highest BCUT2D eigenvalue weighted by molar-refractivity contribution is 5.97. The number of benzene rings is 1. The van der Waals surface area contributed by atoms with Crippen molar-refractivity contribution < 1.29 is 29.0 Å². The number of amides is 2. The molecule has 1 saturated heterocycles. The van der Waals surface area contributed by atoms with E-state index in [2.05, 4.69) is 25.5 Å². The van der Waals surface area contributed by atoms with Crippen molar-refractivity contribution in [2.45, 2.75) is 13.3 Å². The topological polar surface area (TPSA) is 146 Å². The lowest BCUT2D eigenvalue weighted by atomic mass is 10.1. The summed E-state index contributed by atoms with van der Waals surface area (Å²) in [5.41, 5.74) is 5.15. The fourth-order valence-corrected chi connectivity index (χ4v) is 4.33. The third kappa shape index (κ3) is 8.13. The molecule has 1 aromatic carbocycles. The number of nitrogens with one attached hydrogen (secondary N) is 3. The molecule has 0 unspecified atom stereocenters. The van der Waals surface area contributed by atoms with E-state index in [0.717, 1.165) is 74.4 Å². The minimum atomic E-state index is -0.833. The quantitative estimate of drug-likeness (QED) is 0.342. The number of rotatable bonds is 8. The Balaban J connectivity index is 0.000000826. The molecule has 2 aliphatic heterocycles. The fraction of sp³-hybridized carbons (Fsp3) is 0.357. The normalized spacial score (nSPS) is 14.8. The molecular formula is C28H33N5O6. The van der Waals surface area contributed by atoms with Gasteiger partial charge in [-0.05, 0) is 30.3 Å². The number of aromatic amines is 1. The molecule has 5 rings (SSSR count). The smallest absolute Gasteiger partial charge is 0.300 e. The lowest BCUT2D eigenvalue weighted by molar-refractivity contribution is -0.134. The van der Waals surface area contributed by atoms with Gasteiger partial charge in [-0.1, -0.05) is 12.1 Å². The summed E-state index contributed by atoms with van der Waals surface area (Å²) < 4.78 is 11.1. The molecule has 2 amide bonds. The Kier molecular flexibility index (Phi) is 9.65. The molecule has 4 N–H and O–H groups in total. The maximum atomic E-state index is 12.2. The minimum Gasteiger partial charge on any atom is -0.484 e. The van der Waals surface area contributed by atoms with Gasteiger partial charge in [-0.2, -0.15) is 0 Å². The summed E-state index contributed by atoms with van der Waals surface area (Å²) in [6.45, 7) is 6.36. The van der Waals surface area contributed by atoms with Gasteiger partial charge in [0.15, 0.2) is 6.61 Å². The number of pyridine rings is 1. The van der Waals surface area contributed by atoms with Crippen LogP contribution in [0.1, 0.15) is 23.0 Å². The van der Waals surface area contributed by atoms with Crippen LogP contribution in [0.2, 0.25) is 0 Å². The molecule has 1 fully saturated rings. The van der Waals surface area contributed by atoms with E-state index < -0.39 is 5.97 Å². The van der Waals surface area contributed by atoms with Crippen LogP contribution < -0.4 is 15.4 Å². The Labute approximate surface area is 226 Å². The first-order chi connectivity index (χ1) is 18.9. The maximum Gasteiger partial charge on any atom is 0.300 e. The number of aliphatic carboxylic acids is 1. The number of ether oxygens (including phenoxy) is 2. The Morgan fingerprint density at radius 2 is 1.95 bits per heavy atom. The fourth-order valence-electron chi connectivity index (χ4n) is 4.33. The number of H-pyrrole nitrogens is 1. The predicted molar refractivity (Wildman–Crippen MR) is 145 cm³/mol. The first-order valence-electron chi connectivity index (χ1n) is 12.8. The largest absolute Gasteiger partial charge is 0.484 e. The van der Waals surface area contributed by atoms with Gasteiger partial charge >= 0.3 is 0 Å². The molecule has 0 saturated carbocycles. The van der Waals surface area contributed by atoms with Crippen LogP contribution in [0, 0.1) is 0 Å². The summed E-state index contributed by atoms with van der Waals surface area (Å²) in [7, 11) is 0. The van der Waals surface area contributed by atoms with Crippen molar-refractivity contribution >= 4 is 17.8 Å². The molecule has 3 aromatic rings. The molecular weight excluding hydrogens is 502 g/mol. The number of morpholine rings is 1. The summed E-state index contributed by atoms with van der Waals surface area (Å²) in [5, 5.41) is 13.2. The average Bonchev–Trinajstić information content (AvgIpc) is 3.39. The van der Waals surface area contributed by atoms with Crippen molar-refractivity contribution in [3.8, 4) is 28.3 Å². The van der Waals surface area contributed by atoms with Crippen LogP contribution in [-0.2, 0) is 20.7 Å². The van der Waals surface area contributed by atoms with Gasteiger partial charge in [-0.15, -0.1) is 0 Å². The molecule has 11 heteroatoms. The predicted octanol–water partition coefficient (Wildman–Crippen LogP) is 1.95. The molecule has 0 atom stereocenters. The van der Waals surface area contributed by atoms with Gasteiger partial charge in [0, 0.05) is 74.8 Å². The number of hydrogen-bond donors (Lipinski definition) is 4. The van der Waals surface area contributed by atoms with Gasteiger partial charge in [0.1, 0.15) is 5.75 Å². The van der Waals surface area contributed by atoms with E-state index in [4.69, 9.17) is 19.4 Å². The lowest BCUT2D eigenvalue weighted by Crippen LogP contribution is -2.42. The Morgan fingerprint density at radius 1 is 1.15 bits per heavy atom. The zero-order valence-electron chi connectivity index (χ0n) is 21.9. The minimum absolute atomic E-state index is 0.0435. The van der Waals surface area contributed by atoms with Gasteiger partial charge < -0.3 is 30.2 Å². The number of carbonyl (C=O) groups is 3. The number of hydrogen-bond acceptors (Lipinski definition) is 7. The van der Waals surface area contributed by atoms with E-state index in [1.807, 2.05) is 42.5 Å². The van der Waals surface area contributed by atoms with Gasteiger partial charge in [-0.3, -0.25) is 24.3 Å². The number of carbonyl (C=O) groups excluding carboxylic acids is 2. The van der Waals surface area contributed by atoms with Crippen molar-refractivity contribution in [1.29, 1.82) is 0 Å². The second-order valence-electron chi connectivity index (χ2n) is 9.15. The molecule has 11 nitrogen and oxygen atoms in total. The number of fused-ring (bicyclic) bond motifs is 1. The molecule has 2 aliphatic rings. The van der Waals surface area contributed by atoms with E-state index in [0.29, 0.717) is 24.4 Å². The van der Waals surface area contributed by atoms with Crippen LogP contribution in [-0.4, -0.2) is 90.3 Å². The van der Waals surface area contributed by atoms with Gasteiger partial charge in [0.2, 0.25) is 0 Å². The second-order valence-corrected chi connectivity index (χ2v) is 9.15. The first kappa shape index (κ1) is 27.8. The molecule has 0 spiro atoms. The van der Waals surface area contributed by atoms with Crippen molar-refractivity contribution in [2.24, 2.45) is 0 Å². The van der Waals surface area contributed by atoms with E-state index in [1.54, 1.807) is 6.20 Å². The van der Waals surface area contributed by atoms with Crippen LogP contribution in [0.15, 0.2) is 48.7 Å². The summed E-state index contributed by atoms with van der Waals surface area (Å²) >= 11 is 0. The summed E-state index contributed by atoms with van der Waals surface area (Å²) in [6, 6.07) is 13.3. The van der Waals surface area contributed by atoms with Gasteiger partial charge in [0.25, 0.3) is 17.8 Å². The van der Waals surface area contributed by atoms with Gasteiger partial charge in [0.05, 0.1) is 24.5 Å². The summed E-state index contributed by atoms with van der Waals surface area (Å²) in [5.74, 6) is -0.424. The van der Waals surface area contributed by atoms with Crippen molar-refractivity contribution in [2.75, 3.05) is 52.5 Å². The van der Waals surface area contributed by atoms with E-state index in [-0.39, 0.29) is 18.4 Å². The molecule has 2 aromatic heterocycles. The maximum absolute atomic E-state index is 12.2. The Bertz CT molecular complexity index is 1300. The third-order valence-electron chi connectivity index (χ3n) is 6.23. The van der Waals surface area contributed by atoms with Crippen molar-refractivity contribution in [3.05, 3.63) is 59.9 Å². The number of carboxylic acid groups (broad SMARTS) is 1. The van der Waals surface area contributed by atoms with E-state index in [9.17, 15) is 9.59 Å². The number of aromatic nitrogens is 2. The van der Waals surface area contributed by atoms with Gasteiger partial charge in [-0.25, -0.2) is 0 Å². The number of nitrogens with zero attached hydrogens (tertiary/aromatic N) is 2. The molecule has 0 radical (unpaired) electrons. The lowest BCUT2D eigenvalue weighted by Gasteiger charge is -2.26. The number of carboxylic acids is 1. The highest BCUT2D eigenvalue weighted by Crippen LogP contribution is 2.28. The summed E-state index contributed by atoms with van der Waals surface area (Å²) in [4.78, 5) is 43.5. The standard InChI is InChI=1S/C26H29N5O4.C2H4O2/c32-25(28-8-9-31-10-12-34-13-11-31)17-35-20-3-1-2-18(14-20)23-15-19(4-6-27-23)24-16-21-22(30-24)5-7-29-26(21)33;1-2(3)4/h1-4,6,14-16,30H,5,7-13,17H2,(H,28,32)(H,29,33);1H3,(H,3,4). The zero-order chi connectivity index (χ0) is 27.6. The highest BCUT2D eigenvalue weighted by Gasteiger charge is 2.20. The average molecular weight is 536 g/mol. The SMILES string of the molecule is CC(=O)O.O=C(COc1cccc(-c2cc(-c3cc4c([nH]3)CCNC4=O)ccn2)c1)NCCN1CCOCC1. The van der Waals surface area contributed by atoms with Crippen molar-refractivity contribution in [1.82, 2.24) is 25.5 Å². The Hall–Kier alpha value is -4.22. The third-order valence-corrected chi connectivity index (χ3v) is 6.23. The van der Waals surface area contributed by atoms with Crippen LogP contribution in [0.3, 0.4) is 0 Å². The molecule has 4 heterocycles. The molecule has 206 valence electrons. The van der Waals surface area contributed by atoms with E-state index >= 15 is 0 Å².